The van der Waals surface area contributed by atoms with E-state index >= 15 is 0 Å². The van der Waals surface area contributed by atoms with Gasteiger partial charge < -0.3 is 25.8 Å². The first-order valence-corrected chi connectivity index (χ1v) is 13.6. The van der Waals surface area contributed by atoms with Gasteiger partial charge in [0.25, 0.3) is 0 Å². The van der Waals surface area contributed by atoms with Crippen LogP contribution in [0.15, 0.2) is 91.0 Å². The van der Waals surface area contributed by atoms with Crippen molar-refractivity contribution in [3.05, 3.63) is 129 Å². The number of rotatable bonds is 5. The van der Waals surface area contributed by atoms with Crippen LogP contribution in [0.4, 0.5) is 10.1 Å². The predicted molar refractivity (Wildman–Crippen MR) is 156 cm³/mol. The fraction of sp³-hybridized carbons (Fsp3) is 0.156. The Morgan fingerprint density at radius 3 is 2.41 bits per heavy atom. The molecule has 6 rings (SSSR count). The van der Waals surface area contributed by atoms with E-state index in [0.717, 1.165) is 12.1 Å². The van der Waals surface area contributed by atoms with Gasteiger partial charge in [0.2, 0.25) is 23.5 Å². The Labute approximate surface area is 250 Å². The number of phenols is 1. The van der Waals surface area contributed by atoms with Gasteiger partial charge in [-0.15, -0.1) is 0 Å². The van der Waals surface area contributed by atoms with E-state index in [1.807, 2.05) is 0 Å². The smallest absolute Gasteiger partial charge is 0.304 e. The first kappa shape index (κ1) is 29.7. The average molecular weight is 599 g/mol. The summed E-state index contributed by atoms with van der Waals surface area (Å²) >= 11 is 0. The van der Waals surface area contributed by atoms with Crippen LogP contribution in [0, 0.1) is 15.9 Å². The van der Waals surface area contributed by atoms with Crippen molar-refractivity contribution < 1.29 is 33.5 Å². The van der Waals surface area contributed by atoms with Crippen LogP contribution in [-0.4, -0.2) is 33.8 Å². The summed E-state index contributed by atoms with van der Waals surface area (Å²) in [5.41, 5.74) is 1.29. The molecule has 11 nitrogen and oxygen atoms in total. The molecule has 0 saturated heterocycles. The molecular weight excluding hydrogens is 571 g/mol. The molecule has 4 bridgehead atoms. The minimum Gasteiger partial charge on any atom is -0.508 e. The summed E-state index contributed by atoms with van der Waals surface area (Å²) in [6.45, 7) is -0.164. The number of hydrogen-bond donors (Lipinski definition) is 4. The van der Waals surface area contributed by atoms with Crippen molar-refractivity contribution in [2.75, 3.05) is 0 Å². The van der Waals surface area contributed by atoms with Crippen molar-refractivity contribution in [2.24, 2.45) is 0 Å². The van der Waals surface area contributed by atoms with E-state index in [4.69, 9.17) is 4.74 Å². The van der Waals surface area contributed by atoms with Crippen molar-refractivity contribution in [1.29, 1.82) is 0 Å². The average Bonchev–Trinajstić information content (AvgIpc) is 2.99. The van der Waals surface area contributed by atoms with Gasteiger partial charge in [0.05, 0.1) is 11.3 Å². The Morgan fingerprint density at radius 1 is 0.955 bits per heavy atom. The molecule has 2 heterocycles. The number of ether oxygens (including phenoxy) is 1. The van der Waals surface area contributed by atoms with Gasteiger partial charge in [-0.25, -0.2) is 0 Å². The third-order valence-electron chi connectivity index (χ3n) is 6.96. The van der Waals surface area contributed by atoms with Crippen LogP contribution in [0.3, 0.4) is 0 Å². The van der Waals surface area contributed by atoms with Crippen LogP contribution in [0.25, 0.3) is 0 Å². The highest BCUT2D eigenvalue weighted by Gasteiger charge is 2.29. The second kappa shape index (κ2) is 13.0. The van der Waals surface area contributed by atoms with E-state index in [9.17, 15) is 34.0 Å². The number of hydrogen-bond acceptors (Lipinski definition) is 7. The molecule has 2 aliphatic heterocycles. The molecular formula is C32H27FN4O7. The van der Waals surface area contributed by atoms with Gasteiger partial charge in [0, 0.05) is 19.0 Å². The molecule has 0 radical (unpaired) electrons. The monoisotopic (exact) mass is 598 g/mol. The van der Waals surface area contributed by atoms with E-state index < -0.39 is 46.2 Å². The number of nitro benzene ring substituents is 1. The second-order valence-electron chi connectivity index (χ2n) is 10.2. The highest BCUT2D eigenvalue weighted by molar-refractivity contribution is 5.93. The molecule has 4 aromatic carbocycles. The lowest BCUT2D eigenvalue weighted by Crippen LogP contribution is -2.51. The van der Waals surface area contributed by atoms with Gasteiger partial charge in [0.1, 0.15) is 29.3 Å². The Kier molecular flexibility index (Phi) is 8.80. The summed E-state index contributed by atoms with van der Waals surface area (Å²) in [6, 6.07) is 20.6. The van der Waals surface area contributed by atoms with Crippen molar-refractivity contribution in [3.8, 4) is 17.2 Å². The zero-order valence-corrected chi connectivity index (χ0v) is 23.2. The summed E-state index contributed by atoms with van der Waals surface area (Å²) in [6.07, 6.45) is -0.00802. The Hall–Kier alpha value is -5.78. The second-order valence-corrected chi connectivity index (χ2v) is 10.2. The number of fused-ring (bicyclic) bond motifs is 9. The fourth-order valence-electron chi connectivity index (χ4n) is 4.73. The van der Waals surface area contributed by atoms with Crippen molar-refractivity contribution in [3.63, 3.8) is 0 Å². The van der Waals surface area contributed by atoms with E-state index in [0.29, 0.717) is 28.2 Å². The zero-order valence-electron chi connectivity index (χ0n) is 23.2. The topological polar surface area (TPSA) is 160 Å². The molecule has 44 heavy (non-hydrogen) atoms. The molecule has 4 N–H and O–H groups in total. The Balaban J connectivity index is 1.44. The minimum atomic E-state index is -1.21. The normalized spacial score (nSPS) is 16.8. The Morgan fingerprint density at radius 2 is 1.70 bits per heavy atom. The van der Waals surface area contributed by atoms with Crippen LogP contribution >= 0.6 is 0 Å². The van der Waals surface area contributed by atoms with E-state index in [-0.39, 0.29) is 30.7 Å². The largest absolute Gasteiger partial charge is 0.508 e. The summed E-state index contributed by atoms with van der Waals surface area (Å²) in [5, 5.41) is 28.8. The zero-order chi connectivity index (χ0) is 31.2. The van der Waals surface area contributed by atoms with Crippen molar-refractivity contribution in [1.82, 2.24) is 16.0 Å². The standard InChI is InChI=1S/C32H27FN4O7/c33-26-15-21(6-13-28(26)37(42)43)18-34-31(40)27-16-19-4-11-24(12-5-19)44-25-3-1-2-20(14-25)17-29(39)36-30(32(41)35-27)22-7-9-23(38)10-8-22/h1-15,27,30,38H,16-18H2,(H,34,40)(H,35,41)(H,36,39)/t27-,30+/m0/s1. The number of carbonyl (C=O) groups excluding carboxylic acids is 3. The van der Waals surface area contributed by atoms with E-state index in [1.54, 1.807) is 48.5 Å². The lowest BCUT2D eigenvalue weighted by atomic mass is 10.0. The molecule has 2 atom stereocenters. The fourth-order valence-corrected chi connectivity index (χ4v) is 4.73. The summed E-state index contributed by atoms with van der Waals surface area (Å²) in [4.78, 5) is 50.3. The van der Waals surface area contributed by atoms with E-state index in [2.05, 4.69) is 16.0 Å². The number of phenolic OH excluding ortho intramolecular Hbond substituents is 1. The molecule has 0 unspecified atom stereocenters. The molecule has 0 spiro atoms. The third-order valence-corrected chi connectivity index (χ3v) is 6.96. The molecule has 0 saturated carbocycles. The number of nitrogens with zero attached hydrogens (tertiary/aromatic N) is 1. The van der Waals surface area contributed by atoms with Gasteiger partial charge in [-0.05, 0) is 64.7 Å². The molecule has 0 fully saturated rings. The lowest BCUT2D eigenvalue weighted by Gasteiger charge is -2.24. The van der Waals surface area contributed by atoms with Gasteiger partial charge >= 0.3 is 5.69 Å². The number of amides is 3. The third kappa shape index (κ3) is 7.34. The number of nitrogens with one attached hydrogen (secondary N) is 3. The van der Waals surface area contributed by atoms with Gasteiger partial charge in [-0.1, -0.05) is 42.5 Å². The van der Waals surface area contributed by atoms with Crippen molar-refractivity contribution in [2.45, 2.75) is 31.5 Å². The number of aromatic hydroxyl groups is 1. The molecule has 224 valence electrons. The van der Waals surface area contributed by atoms with E-state index in [1.165, 1.54) is 30.3 Å². The van der Waals surface area contributed by atoms with Crippen LogP contribution in [0.1, 0.15) is 28.3 Å². The number of carbonyl (C=O) groups is 3. The summed E-state index contributed by atoms with van der Waals surface area (Å²) < 4.78 is 20.1. The SMILES string of the molecule is O=C1Cc2cccc(c2)Oc2ccc(cc2)C[C@@H](C(=O)NCc2ccc([N+](=O)[O-])c(F)c2)NC(=O)[C@@H](c2ccc(O)cc2)N1. The van der Waals surface area contributed by atoms with Gasteiger partial charge in [0.15, 0.2) is 0 Å². The quantitative estimate of drug-likeness (QED) is 0.200. The maximum absolute atomic E-state index is 14.1. The predicted octanol–water partition coefficient (Wildman–Crippen LogP) is 3.99. The Bertz CT molecular complexity index is 1710. The molecule has 0 aliphatic carbocycles. The van der Waals surface area contributed by atoms with Crippen LogP contribution < -0.4 is 20.7 Å². The number of benzene rings is 4. The molecule has 2 aliphatic rings. The van der Waals surface area contributed by atoms with Gasteiger partial charge in [-0.2, -0.15) is 4.39 Å². The number of halogens is 1. The first-order valence-electron chi connectivity index (χ1n) is 13.6. The van der Waals surface area contributed by atoms with Crippen LogP contribution in [0.2, 0.25) is 0 Å². The molecule has 4 aromatic rings. The first-order chi connectivity index (χ1) is 21.1. The highest BCUT2D eigenvalue weighted by Crippen LogP contribution is 2.25. The maximum Gasteiger partial charge on any atom is 0.304 e. The summed E-state index contributed by atoms with van der Waals surface area (Å²) in [7, 11) is 0. The number of nitro groups is 1. The van der Waals surface area contributed by atoms with Crippen LogP contribution in [0.5, 0.6) is 17.2 Å². The molecule has 0 aromatic heterocycles. The lowest BCUT2D eigenvalue weighted by molar-refractivity contribution is -0.387. The van der Waals surface area contributed by atoms with Gasteiger partial charge in [-0.3, -0.25) is 24.5 Å². The van der Waals surface area contributed by atoms with Crippen molar-refractivity contribution >= 4 is 23.4 Å². The molecule has 3 amide bonds. The highest BCUT2D eigenvalue weighted by atomic mass is 19.1. The van der Waals surface area contributed by atoms with Crippen LogP contribution in [-0.2, 0) is 33.8 Å². The minimum absolute atomic E-state index is 0.0334. The molecule has 12 heteroatoms. The summed E-state index contributed by atoms with van der Waals surface area (Å²) in [5.74, 6) is -1.78. The maximum atomic E-state index is 14.1.